The van der Waals surface area contributed by atoms with Crippen molar-refractivity contribution < 1.29 is 4.74 Å². The van der Waals surface area contributed by atoms with Crippen molar-refractivity contribution in [1.82, 2.24) is 15.0 Å². The molecule has 0 N–H and O–H groups in total. The predicted molar refractivity (Wildman–Crippen MR) is 82.3 cm³/mol. The van der Waals surface area contributed by atoms with Gasteiger partial charge in [0.15, 0.2) is 0 Å². The molecular formula is C17H14N4O. The number of aromatic nitrogens is 3. The van der Waals surface area contributed by atoms with E-state index in [-0.39, 0.29) is 0 Å². The Hall–Kier alpha value is -3.13. The molecule has 0 radical (unpaired) electrons. The number of rotatable bonds is 4. The summed E-state index contributed by atoms with van der Waals surface area (Å²) in [5, 5.41) is 17.1. The summed E-state index contributed by atoms with van der Waals surface area (Å²) in [6.45, 7) is 0.566. The van der Waals surface area contributed by atoms with Gasteiger partial charge >= 0.3 is 0 Å². The van der Waals surface area contributed by atoms with E-state index in [1.807, 2.05) is 47.1 Å². The summed E-state index contributed by atoms with van der Waals surface area (Å²) >= 11 is 0. The van der Waals surface area contributed by atoms with Crippen molar-refractivity contribution in [2.24, 2.45) is 0 Å². The highest BCUT2D eigenvalue weighted by molar-refractivity contribution is 5.59. The molecule has 0 amide bonds. The first-order valence-corrected chi connectivity index (χ1v) is 6.82. The van der Waals surface area contributed by atoms with Crippen molar-refractivity contribution in [2.75, 3.05) is 7.11 Å². The average molecular weight is 290 g/mol. The van der Waals surface area contributed by atoms with Gasteiger partial charge in [-0.25, -0.2) is 4.68 Å². The van der Waals surface area contributed by atoms with E-state index in [2.05, 4.69) is 16.4 Å². The topological polar surface area (TPSA) is 63.7 Å². The van der Waals surface area contributed by atoms with E-state index in [1.54, 1.807) is 19.4 Å². The van der Waals surface area contributed by atoms with E-state index in [0.717, 1.165) is 22.6 Å². The molecule has 0 aliphatic heterocycles. The van der Waals surface area contributed by atoms with Crippen molar-refractivity contribution in [2.45, 2.75) is 6.54 Å². The monoisotopic (exact) mass is 290 g/mol. The molecule has 0 saturated carbocycles. The average Bonchev–Trinajstić information content (AvgIpc) is 3.03. The lowest BCUT2D eigenvalue weighted by molar-refractivity contribution is 0.415. The third-order valence-electron chi connectivity index (χ3n) is 3.39. The van der Waals surface area contributed by atoms with E-state index in [4.69, 9.17) is 10.00 Å². The Morgan fingerprint density at radius 3 is 2.73 bits per heavy atom. The highest BCUT2D eigenvalue weighted by atomic mass is 16.5. The van der Waals surface area contributed by atoms with E-state index in [0.29, 0.717) is 12.1 Å². The zero-order chi connectivity index (χ0) is 15.4. The van der Waals surface area contributed by atoms with E-state index in [1.165, 1.54) is 0 Å². The number of hydrogen-bond donors (Lipinski definition) is 0. The Labute approximate surface area is 128 Å². The van der Waals surface area contributed by atoms with Crippen LogP contribution in [-0.4, -0.2) is 22.1 Å². The molecular weight excluding hydrogens is 276 g/mol. The molecule has 0 bridgehead atoms. The van der Waals surface area contributed by atoms with E-state index < -0.39 is 0 Å². The van der Waals surface area contributed by atoms with Gasteiger partial charge in [-0.15, -0.1) is 5.10 Å². The van der Waals surface area contributed by atoms with Gasteiger partial charge in [0.1, 0.15) is 5.75 Å². The lowest BCUT2D eigenvalue weighted by Crippen LogP contribution is -2.04. The van der Waals surface area contributed by atoms with Crippen LogP contribution in [0.5, 0.6) is 5.75 Å². The Balaban J connectivity index is 1.89. The smallest absolute Gasteiger partial charge is 0.118 e. The molecule has 0 unspecified atom stereocenters. The minimum Gasteiger partial charge on any atom is -0.497 e. The molecule has 3 aromatic rings. The number of ether oxygens (including phenoxy) is 1. The second-order valence-electron chi connectivity index (χ2n) is 4.82. The summed E-state index contributed by atoms with van der Waals surface area (Å²) in [4.78, 5) is 0. The van der Waals surface area contributed by atoms with Gasteiger partial charge in [-0.1, -0.05) is 17.3 Å². The van der Waals surface area contributed by atoms with E-state index in [9.17, 15) is 0 Å². The first kappa shape index (κ1) is 13.8. The molecule has 0 saturated heterocycles. The zero-order valence-electron chi connectivity index (χ0n) is 12.1. The summed E-state index contributed by atoms with van der Waals surface area (Å²) in [6, 6.07) is 17.4. The molecule has 22 heavy (non-hydrogen) atoms. The van der Waals surface area contributed by atoms with Gasteiger partial charge in [-0.05, 0) is 42.0 Å². The molecule has 108 valence electrons. The first-order chi connectivity index (χ1) is 10.8. The summed E-state index contributed by atoms with van der Waals surface area (Å²) in [5.74, 6) is 0.810. The van der Waals surface area contributed by atoms with Gasteiger partial charge in [0.05, 0.1) is 37.2 Å². The van der Waals surface area contributed by atoms with Crippen molar-refractivity contribution in [3.05, 3.63) is 65.9 Å². The first-order valence-electron chi connectivity index (χ1n) is 6.82. The number of hydrogen-bond acceptors (Lipinski definition) is 4. The Morgan fingerprint density at radius 2 is 2.00 bits per heavy atom. The van der Waals surface area contributed by atoms with Crippen LogP contribution in [-0.2, 0) is 6.54 Å². The molecule has 0 aliphatic rings. The van der Waals surface area contributed by atoms with Crippen LogP contribution >= 0.6 is 0 Å². The minimum atomic E-state index is 0.566. The summed E-state index contributed by atoms with van der Waals surface area (Å²) in [6.07, 6.45) is 1.73. The van der Waals surface area contributed by atoms with Gasteiger partial charge in [-0.3, -0.25) is 0 Å². The molecule has 0 aliphatic carbocycles. The van der Waals surface area contributed by atoms with E-state index >= 15 is 0 Å². The largest absolute Gasteiger partial charge is 0.497 e. The quantitative estimate of drug-likeness (QED) is 0.741. The molecule has 1 aromatic heterocycles. The van der Waals surface area contributed by atoms with Gasteiger partial charge in [0.25, 0.3) is 0 Å². The summed E-state index contributed by atoms with van der Waals surface area (Å²) in [7, 11) is 1.64. The molecule has 3 rings (SSSR count). The third kappa shape index (κ3) is 2.81. The third-order valence-corrected chi connectivity index (χ3v) is 3.39. The van der Waals surface area contributed by atoms with Crippen molar-refractivity contribution >= 4 is 0 Å². The maximum absolute atomic E-state index is 8.97. The fourth-order valence-corrected chi connectivity index (χ4v) is 2.27. The Morgan fingerprint density at radius 1 is 1.18 bits per heavy atom. The normalized spacial score (nSPS) is 10.2. The van der Waals surface area contributed by atoms with Gasteiger partial charge < -0.3 is 4.74 Å². The highest BCUT2D eigenvalue weighted by Crippen LogP contribution is 2.22. The highest BCUT2D eigenvalue weighted by Gasteiger charge is 2.08. The van der Waals surface area contributed by atoms with Crippen LogP contribution < -0.4 is 4.74 Å². The van der Waals surface area contributed by atoms with Gasteiger partial charge in [0.2, 0.25) is 0 Å². The predicted octanol–water partition coefficient (Wildman–Crippen LogP) is 2.87. The summed E-state index contributed by atoms with van der Waals surface area (Å²) < 4.78 is 6.99. The van der Waals surface area contributed by atoms with Crippen LogP contribution in [0.1, 0.15) is 11.1 Å². The summed E-state index contributed by atoms with van der Waals surface area (Å²) in [5.41, 5.74) is 3.59. The van der Waals surface area contributed by atoms with Crippen LogP contribution in [0.15, 0.2) is 54.7 Å². The number of nitrogens with zero attached hydrogens (tertiary/aromatic N) is 4. The SMILES string of the molecule is COc1ccc(-c2cnnn2Cc2cccc(C#N)c2)cc1. The second kappa shape index (κ2) is 6.10. The number of benzene rings is 2. The van der Waals surface area contributed by atoms with Crippen LogP contribution in [0, 0.1) is 11.3 Å². The number of methoxy groups -OCH3 is 1. The molecule has 2 aromatic carbocycles. The standard InChI is InChI=1S/C17H14N4O/c1-22-16-7-5-15(6-8-16)17-11-19-20-21(17)12-14-4-2-3-13(9-14)10-18/h2-9,11H,12H2,1H3. The van der Waals surface area contributed by atoms with Crippen molar-refractivity contribution in [3.8, 4) is 23.1 Å². The zero-order valence-corrected chi connectivity index (χ0v) is 12.1. The minimum absolute atomic E-state index is 0.566. The lowest BCUT2D eigenvalue weighted by Gasteiger charge is -2.07. The second-order valence-corrected chi connectivity index (χ2v) is 4.82. The Bertz CT molecular complexity index is 815. The van der Waals surface area contributed by atoms with Crippen molar-refractivity contribution in [1.29, 1.82) is 5.26 Å². The molecule has 0 spiro atoms. The van der Waals surface area contributed by atoms with Crippen molar-refractivity contribution in [3.63, 3.8) is 0 Å². The Kier molecular flexibility index (Phi) is 3.84. The molecule has 0 fully saturated rings. The van der Waals surface area contributed by atoms with Crippen LogP contribution in [0.25, 0.3) is 11.3 Å². The fraction of sp³-hybridized carbons (Fsp3) is 0.118. The van der Waals surface area contributed by atoms with Gasteiger partial charge in [-0.2, -0.15) is 5.26 Å². The van der Waals surface area contributed by atoms with Crippen LogP contribution in [0.3, 0.4) is 0 Å². The van der Waals surface area contributed by atoms with Crippen LogP contribution in [0.2, 0.25) is 0 Å². The lowest BCUT2D eigenvalue weighted by atomic mass is 10.1. The molecule has 0 atom stereocenters. The fourth-order valence-electron chi connectivity index (χ4n) is 2.27. The van der Waals surface area contributed by atoms with Crippen LogP contribution in [0.4, 0.5) is 0 Å². The molecule has 5 nitrogen and oxygen atoms in total. The maximum Gasteiger partial charge on any atom is 0.118 e. The van der Waals surface area contributed by atoms with Gasteiger partial charge in [0, 0.05) is 5.56 Å². The molecule has 1 heterocycles. The maximum atomic E-state index is 8.97. The number of nitriles is 1. The molecule has 5 heteroatoms.